The maximum Gasteiger partial charge on any atom is 0.410 e. The number of carbonyl (C=O) groups excluding carboxylic acids is 3. The van der Waals surface area contributed by atoms with E-state index in [9.17, 15) is 14.4 Å². The molecule has 0 aromatic heterocycles. The van der Waals surface area contributed by atoms with Gasteiger partial charge in [-0.25, -0.2) is 9.59 Å². The quantitative estimate of drug-likeness (QED) is 0.363. The average Bonchev–Trinajstić information content (AvgIpc) is 3.38. The lowest BCUT2D eigenvalue weighted by molar-refractivity contribution is -0.137. The standard InChI is InChI=1S/C16H19NO4.C15H18BrNO3/c1-15(2,3)21-14(19)17-9-16(10-17)13-5-4-11(7-18)6-12(13)8-20-16;1-14(2,3)20-13(18)17-8-15(9-17)12-5-4-11(16)6-10(12)7-19-15/h4-7H,8-10H2,1-3H3;4-6H,7-9H2,1-3H3. The van der Waals surface area contributed by atoms with Crippen LogP contribution in [-0.2, 0) is 43.4 Å². The van der Waals surface area contributed by atoms with E-state index in [-0.39, 0.29) is 17.8 Å². The Hall–Kier alpha value is -2.95. The van der Waals surface area contributed by atoms with E-state index in [1.807, 2.05) is 59.7 Å². The van der Waals surface area contributed by atoms with Gasteiger partial charge in [-0.05, 0) is 82.0 Å². The molecule has 4 aliphatic heterocycles. The minimum absolute atomic E-state index is 0.266. The highest BCUT2D eigenvalue weighted by Gasteiger charge is 2.53. The summed E-state index contributed by atoms with van der Waals surface area (Å²) in [5.41, 5.74) is 3.45. The summed E-state index contributed by atoms with van der Waals surface area (Å²) in [5, 5.41) is 0. The van der Waals surface area contributed by atoms with Gasteiger partial charge in [0.05, 0.1) is 39.4 Å². The molecule has 0 unspecified atom stereocenters. The number of aldehydes is 1. The van der Waals surface area contributed by atoms with Crippen molar-refractivity contribution in [3.8, 4) is 0 Å². The molecule has 2 aromatic carbocycles. The molecule has 0 N–H and O–H groups in total. The van der Waals surface area contributed by atoms with E-state index in [1.165, 1.54) is 11.1 Å². The molecule has 4 aliphatic rings. The maximum absolute atomic E-state index is 12.0. The number of likely N-dealkylation sites (tertiary alicyclic amines) is 2. The van der Waals surface area contributed by atoms with Gasteiger partial charge in [-0.3, -0.25) is 4.79 Å². The summed E-state index contributed by atoms with van der Waals surface area (Å²) in [6.07, 6.45) is 0.256. The third-order valence-electron chi connectivity index (χ3n) is 7.41. The Balaban J connectivity index is 0.000000165. The molecule has 2 fully saturated rings. The monoisotopic (exact) mass is 628 g/mol. The Bertz CT molecular complexity index is 1370. The van der Waals surface area contributed by atoms with Crippen molar-refractivity contribution in [2.24, 2.45) is 0 Å². The predicted octanol–water partition coefficient (Wildman–Crippen LogP) is 5.90. The van der Waals surface area contributed by atoms with E-state index < -0.39 is 16.8 Å². The Morgan fingerprint density at radius 1 is 0.780 bits per heavy atom. The molecule has 0 aliphatic carbocycles. The fourth-order valence-corrected chi connectivity index (χ4v) is 5.95. The molecule has 220 valence electrons. The second-order valence-corrected chi connectivity index (χ2v) is 14.0. The zero-order chi connectivity index (χ0) is 29.8. The van der Waals surface area contributed by atoms with Gasteiger partial charge in [0, 0.05) is 10.0 Å². The minimum Gasteiger partial charge on any atom is -0.444 e. The van der Waals surface area contributed by atoms with Crippen molar-refractivity contribution in [3.05, 3.63) is 68.7 Å². The van der Waals surface area contributed by atoms with Crippen LogP contribution in [0.15, 0.2) is 40.9 Å². The molecule has 2 aromatic rings. The van der Waals surface area contributed by atoms with Crippen LogP contribution in [0.4, 0.5) is 9.59 Å². The molecular formula is C31H37BrN2O7. The molecule has 0 bridgehead atoms. The number of benzene rings is 2. The Morgan fingerprint density at radius 3 is 1.66 bits per heavy atom. The Morgan fingerprint density at radius 2 is 1.22 bits per heavy atom. The molecule has 10 heteroatoms. The number of halogens is 1. The van der Waals surface area contributed by atoms with E-state index in [1.54, 1.807) is 15.9 Å². The molecule has 4 heterocycles. The molecular weight excluding hydrogens is 592 g/mol. The predicted molar refractivity (Wildman–Crippen MR) is 155 cm³/mol. The topological polar surface area (TPSA) is 94.6 Å². The molecule has 2 saturated heterocycles. The zero-order valence-corrected chi connectivity index (χ0v) is 26.0. The van der Waals surface area contributed by atoms with Crippen LogP contribution < -0.4 is 0 Å². The van der Waals surface area contributed by atoms with Crippen molar-refractivity contribution in [3.63, 3.8) is 0 Å². The molecule has 0 atom stereocenters. The summed E-state index contributed by atoms with van der Waals surface area (Å²) < 4.78 is 23.6. The first-order valence-electron chi connectivity index (χ1n) is 13.7. The van der Waals surface area contributed by atoms with Crippen LogP contribution in [0, 0.1) is 0 Å². The van der Waals surface area contributed by atoms with E-state index in [2.05, 4.69) is 28.1 Å². The van der Waals surface area contributed by atoms with Gasteiger partial charge in [0.1, 0.15) is 28.7 Å². The number of hydrogen-bond donors (Lipinski definition) is 0. The van der Waals surface area contributed by atoms with Crippen molar-refractivity contribution >= 4 is 34.4 Å². The fourth-order valence-electron chi connectivity index (χ4n) is 5.54. The zero-order valence-electron chi connectivity index (χ0n) is 24.4. The summed E-state index contributed by atoms with van der Waals surface area (Å²) >= 11 is 3.47. The van der Waals surface area contributed by atoms with Crippen LogP contribution >= 0.6 is 15.9 Å². The number of carbonyl (C=O) groups is 3. The smallest absolute Gasteiger partial charge is 0.410 e. The summed E-state index contributed by atoms with van der Waals surface area (Å²) in [5.74, 6) is 0. The van der Waals surface area contributed by atoms with E-state index in [0.29, 0.717) is 45.0 Å². The van der Waals surface area contributed by atoms with E-state index >= 15 is 0 Å². The minimum atomic E-state index is -0.493. The van der Waals surface area contributed by atoms with Gasteiger partial charge in [0.25, 0.3) is 0 Å². The van der Waals surface area contributed by atoms with Gasteiger partial charge in [-0.15, -0.1) is 0 Å². The first-order valence-corrected chi connectivity index (χ1v) is 14.5. The van der Waals surface area contributed by atoms with E-state index in [0.717, 1.165) is 21.9 Å². The number of rotatable bonds is 1. The number of nitrogens with zero attached hydrogens (tertiary/aromatic N) is 2. The van der Waals surface area contributed by atoms with Gasteiger partial charge >= 0.3 is 12.2 Å². The highest BCUT2D eigenvalue weighted by atomic mass is 79.9. The molecule has 2 amide bonds. The summed E-state index contributed by atoms with van der Waals surface area (Å²) in [4.78, 5) is 38.1. The van der Waals surface area contributed by atoms with Crippen LogP contribution in [-0.4, -0.2) is 65.7 Å². The number of ether oxygens (including phenoxy) is 4. The SMILES string of the molecule is CC(C)(C)OC(=O)N1CC2(C1)OCc1cc(Br)ccc12.CC(C)(C)OC(=O)N1CC2(C1)OCc1cc(C=O)ccc12. The first kappa shape index (κ1) is 29.5. The second kappa shape index (κ2) is 10.4. The normalized spacial score (nSPS) is 19.4. The van der Waals surface area contributed by atoms with Crippen molar-refractivity contribution in [2.75, 3.05) is 26.2 Å². The Kier molecular flexibility index (Phi) is 7.49. The largest absolute Gasteiger partial charge is 0.444 e. The summed E-state index contributed by atoms with van der Waals surface area (Å²) in [7, 11) is 0. The van der Waals surface area contributed by atoms with Gasteiger partial charge in [-0.2, -0.15) is 0 Å². The second-order valence-electron chi connectivity index (χ2n) is 13.1. The van der Waals surface area contributed by atoms with Gasteiger partial charge in [0.2, 0.25) is 0 Å². The average molecular weight is 630 g/mol. The van der Waals surface area contributed by atoms with Crippen LogP contribution in [0.2, 0.25) is 0 Å². The van der Waals surface area contributed by atoms with Gasteiger partial charge < -0.3 is 28.7 Å². The number of amides is 2. The third kappa shape index (κ3) is 6.01. The third-order valence-corrected chi connectivity index (χ3v) is 7.90. The van der Waals surface area contributed by atoms with E-state index in [4.69, 9.17) is 18.9 Å². The van der Waals surface area contributed by atoms with Crippen LogP contribution in [0.1, 0.15) is 74.2 Å². The lowest BCUT2D eigenvalue weighted by Gasteiger charge is -2.47. The van der Waals surface area contributed by atoms with Crippen molar-refractivity contribution in [1.29, 1.82) is 0 Å². The Labute approximate surface area is 249 Å². The van der Waals surface area contributed by atoms with Gasteiger partial charge in [0.15, 0.2) is 0 Å². The molecule has 9 nitrogen and oxygen atoms in total. The molecule has 6 rings (SSSR count). The number of fused-ring (bicyclic) bond motifs is 4. The molecule has 2 spiro atoms. The maximum atomic E-state index is 12.0. The summed E-state index contributed by atoms with van der Waals surface area (Å²) in [6.45, 7) is 14.4. The number of hydrogen-bond acceptors (Lipinski definition) is 7. The first-order chi connectivity index (χ1) is 19.1. The molecule has 0 radical (unpaired) electrons. The molecule has 0 saturated carbocycles. The van der Waals surface area contributed by atoms with Gasteiger partial charge in [-0.1, -0.05) is 34.1 Å². The highest BCUT2D eigenvalue weighted by molar-refractivity contribution is 9.10. The van der Waals surface area contributed by atoms with Crippen molar-refractivity contribution in [2.45, 2.75) is 77.2 Å². The highest BCUT2D eigenvalue weighted by Crippen LogP contribution is 2.45. The summed E-state index contributed by atoms with van der Waals surface area (Å²) in [6, 6.07) is 11.8. The lowest BCUT2D eigenvalue weighted by atomic mass is 9.85. The lowest BCUT2D eigenvalue weighted by Crippen LogP contribution is -2.61. The van der Waals surface area contributed by atoms with Crippen molar-refractivity contribution in [1.82, 2.24) is 9.80 Å². The van der Waals surface area contributed by atoms with Crippen molar-refractivity contribution < 1.29 is 33.3 Å². The van der Waals surface area contributed by atoms with Crippen LogP contribution in [0.3, 0.4) is 0 Å². The van der Waals surface area contributed by atoms with Crippen LogP contribution in [0.25, 0.3) is 0 Å². The fraction of sp³-hybridized carbons (Fsp3) is 0.516. The molecule has 41 heavy (non-hydrogen) atoms. The van der Waals surface area contributed by atoms with Crippen LogP contribution in [0.5, 0.6) is 0 Å².